The molecule has 0 aliphatic heterocycles. The van der Waals surface area contributed by atoms with Crippen LogP contribution in [-0.2, 0) is 7.05 Å². The van der Waals surface area contributed by atoms with E-state index in [0.717, 1.165) is 22.8 Å². The van der Waals surface area contributed by atoms with E-state index in [9.17, 15) is 0 Å². The lowest BCUT2D eigenvalue weighted by atomic mass is 10.2. The summed E-state index contributed by atoms with van der Waals surface area (Å²) in [5.41, 5.74) is 3.24. The van der Waals surface area contributed by atoms with E-state index in [0.29, 0.717) is 0 Å². The van der Waals surface area contributed by atoms with E-state index >= 15 is 0 Å². The quantitative estimate of drug-likeness (QED) is 0.863. The highest BCUT2D eigenvalue weighted by Gasteiger charge is 2.14. The van der Waals surface area contributed by atoms with Crippen LogP contribution in [-0.4, -0.2) is 9.78 Å². The Bertz CT molecular complexity index is 471. The Morgan fingerprint density at radius 1 is 1.44 bits per heavy atom. The summed E-state index contributed by atoms with van der Waals surface area (Å²) >= 11 is 0. The predicted octanol–water partition coefficient (Wildman–Crippen LogP) is 2.80. The van der Waals surface area contributed by atoms with Gasteiger partial charge in [-0.25, -0.2) is 0 Å². The van der Waals surface area contributed by atoms with Crippen molar-refractivity contribution in [2.24, 2.45) is 7.05 Å². The fourth-order valence-electron chi connectivity index (χ4n) is 1.81. The maximum atomic E-state index is 5.36. The largest absolute Gasteiger partial charge is 0.467 e. The van der Waals surface area contributed by atoms with Gasteiger partial charge in [0.15, 0.2) is 0 Å². The first-order valence-electron chi connectivity index (χ1n) is 5.39. The summed E-state index contributed by atoms with van der Waals surface area (Å²) in [6.07, 6.45) is 1.69. The Balaban J connectivity index is 2.21. The van der Waals surface area contributed by atoms with Crippen LogP contribution in [0.3, 0.4) is 0 Å². The Kier molecular flexibility index (Phi) is 2.73. The van der Waals surface area contributed by atoms with Gasteiger partial charge in [-0.3, -0.25) is 4.68 Å². The maximum absolute atomic E-state index is 5.36. The zero-order valence-electron chi connectivity index (χ0n) is 10.1. The van der Waals surface area contributed by atoms with Crippen LogP contribution < -0.4 is 5.32 Å². The van der Waals surface area contributed by atoms with Crippen LogP contribution in [0.15, 0.2) is 22.8 Å². The van der Waals surface area contributed by atoms with Gasteiger partial charge in [-0.05, 0) is 32.9 Å². The first kappa shape index (κ1) is 10.8. The summed E-state index contributed by atoms with van der Waals surface area (Å²) in [4.78, 5) is 0. The van der Waals surface area contributed by atoms with Crippen molar-refractivity contribution >= 4 is 5.69 Å². The van der Waals surface area contributed by atoms with E-state index in [4.69, 9.17) is 4.42 Å². The van der Waals surface area contributed by atoms with Gasteiger partial charge >= 0.3 is 0 Å². The SMILES string of the molecule is Cc1nn(C)c(C)c1NC(C)c1ccco1. The normalized spacial score (nSPS) is 12.8. The molecule has 2 aromatic heterocycles. The van der Waals surface area contributed by atoms with Gasteiger partial charge in [0.25, 0.3) is 0 Å². The van der Waals surface area contributed by atoms with Crippen LogP contribution in [0, 0.1) is 13.8 Å². The highest BCUT2D eigenvalue weighted by molar-refractivity contribution is 5.53. The summed E-state index contributed by atoms with van der Waals surface area (Å²) < 4.78 is 7.25. The second-order valence-corrected chi connectivity index (χ2v) is 4.05. The maximum Gasteiger partial charge on any atom is 0.125 e. The number of nitrogens with one attached hydrogen (secondary N) is 1. The summed E-state index contributed by atoms with van der Waals surface area (Å²) in [6.45, 7) is 6.13. The molecule has 0 saturated carbocycles. The van der Waals surface area contributed by atoms with Crippen LogP contribution in [0.25, 0.3) is 0 Å². The summed E-state index contributed by atoms with van der Waals surface area (Å²) in [7, 11) is 1.95. The molecule has 0 saturated heterocycles. The van der Waals surface area contributed by atoms with E-state index in [1.165, 1.54) is 0 Å². The highest BCUT2D eigenvalue weighted by atomic mass is 16.3. The molecule has 0 amide bonds. The van der Waals surface area contributed by atoms with E-state index in [-0.39, 0.29) is 6.04 Å². The van der Waals surface area contributed by atoms with Gasteiger partial charge in [-0.1, -0.05) is 0 Å². The topological polar surface area (TPSA) is 43.0 Å². The molecule has 2 aromatic rings. The average Bonchev–Trinajstić information content (AvgIpc) is 2.83. The number of aromatic nitrogens is 2. The first-order valence-corrected chi connectivity index (χ1v) is 5.39. The molecule has 2 heterocycles. The van der Waals surface area contributed by atoms with Crippen LogP contribution in [0.1, 0.15) is 30.1 Å². The lowest BCUT2D eigenvalue weighted by molar-refractivity contribution is 0.490. The lowest BCUT2D eigenvalue weighted by Gasteiger charge is -2.13. The van der Waals surface area contributed by atoms with Crippen molar-refractivity contribution in [2.45, 2.75) is 26.8 Å². The van der Waals surface area contributed by atoms with E-state index in [2.05, 4.69) is 24.3 Å². The smallest absolute Gasteiger partial charge is 0.125 e. The molecule has 0 fully saturated rings. The molecular formula is C12H17N3O. The average molecular weight is 219 g/mol. The summed E-state index contributed by atoms with van der Waals surface area (Å²) in [5, 5.41) is 7.79. The van der Waals surface area contributed by atoms with E-state index in [1.807, 2.05) is 30.8 Å². The van der Waals surface area contributed by atoms with Gasteiger partial charge in [0.2, 0.25) is 0 Å². The summed E-state index contributed by atoms with van der Waals surface area (Å²) in [6, 6.07) is 4.02. The molecule has 1 N–H and O–H groups in total. The van der Waals surface area contributed by atoms with Gasteiger partial charge in [-0.15, -0.1) is 0 Å². The van der Waals surface area contributed by atoms with Crippen molar-refractivity contribution in [3.05, 3.63) is 35.5 Å². The molecule has 2 rings (SSSR count). The van der Waals surface area contributed by atoms with Crippen LogP contribution >= 0.6 is 0 Å². The molecule has 0 spiro atoms. The van der Waals surface area contributed by atoms with Crippen LogP contribution in [0.4, 0.5) is 5.69 Å². The molecular weight excluding hydrogens is 202 g/mol. The van der Waals surface area contributed by atoms with E-state index in [1.54, 1.807) is 6.26 Å². The van der Waals surface area contributed by atoms with Gasteiger partial charge in [-0.2, -0.15) is 5.10 Å². The molecule has 0 aliphatic carbocycles. The zero-order valence-corrected chi connectivity index (χ0v) is 10.1. The Morgan fingerprint density at radius 2 is 2.19 bits per heavy atom. The second-order valence-electron chi connectivity index (χ2n) is 4.05. The van der Waals surface area contributed by atoms with Crippen molar-refractivity contribution in [2.75, 3.05) is 5.32 Å². The zero-order chi connectivity index (χ0) is 11.7. The monoisotopic (exact) mass is 219 g/mol. The minimum atomic E-state index is 0.150. The van der Waals surface area contributed by atoms with Gasteiger partial charge < -0.3 is 9.73 Å². The molecule has 1 atom stereocenters. The molecule has 0 bridgehead atoms. The standard InChI is InChI=1S/C12H17N3O/c1-8(11-6-5-7-16-11)13-12-9(2)14-15(4)10(12)3/h5-8,13H,1-4H3. The number of rotatable bonds is 3. The highest BCUT2D eigenvalue weighted by Crippen LogP contribution is 2.24. The number of furan rings is 1. The molecule has 0 aromatic carbocycles. The molecule has 16 heavy (non-hydrogen) atoms. The molecule has 0 aliphatic rings. The molecule has 1 unspecified atom stereocenters. The van der Waals surface area contributed by atoms with Crippen molar-refractivity contribution in [1.82, 2.24) is 9.78 Å². The van der Waals surface area contributed by atoms with Crippen molar-refractivity contribution in [1.29, 1.82) is 0 Å². The number of aryl methyl sites for hydroxylation is 2. The number of hydrogen-bond acceptors (Lipinski definition) is 3. The number of nitrogens with zero attached hydrogens (tertiary/aromatic N) is 2. The van der Waals surface area contributed by atoms with Gasteiger partial charge in [0, 0.05) is 7.05 Å². The minimum absolute atomic E-state index is 0.150. The third-order valence-corrected chi connectivity index (χ3v) is 2.84. The Hall–Kier alpha value is -1.71. The van der Waals surface area contributed by atoms with Crippen molar-refractivity contribution in [3.63, 3.8) is 0 Å². The predicted molar refractivity (Wildman–Crippen MR) is 63.4 cm³/mol. The van der Waals surface area contributed by atoms with Crippen LogP contribution in [0.5, 0.6) is 0 Å². The third kappa shape index (κ3) is 1.83. The Labute approximate surface area is 95.3 Å². The first-order chi connectivity index (χ1) is 7.59. The fraction of sp³-hybridized carbons (Fsp3) is 0.417. The van der Waals surface area contributed by atoms with E-state index < -0.39 is 0 Å². The second kappa shape index (κ2) is 4.04. The molecule has 0 radical (unpaired) electrons. The lowest BCUT2D eigenvalue weighted by Crippen LogP contribution is -2.07. The van der Waals surface area contributed by atoms with Crippen molar-refractivity contribution in [3.8, 4) is 0 Å². The molecule has 4 heteroatoms. The van der Waals surface area contributed by atoms with Gasteiger partial charge in [0.1, 0.15) is 5.76 Å². The molecule has 4 nitrogen and oxygen atoms in total. The fourth-order valence-corrected chi connectivity index (χ4v) is 1.81. The third-order valence-electron chi connectivity index (χ3n) is 2.84. The summed E-state index contributed by atoms with van der Waals surface area (Å²) in [5.74, 6) is 0.933. The number of hydrogen-bond donors (Lipinski definition) is 1. The minimum Gasteiger partial charge on any atom is -0.467 e. The number of anilines is 1. The van der Waals surface area contributed by atoms with Gasteiger partial charge in [0.05, 0.1) is 29.4 Å². The van der Waals surface area contributed by atoms with Crippen LogP contribution in [0.2, 0.25) is 0 Å². The Morgan fingerprint density at radius 3 is 2.69 bits per heavy atom. The van der Waals surface area contributed by atoms with Crippen molar-refractivity contribution < 1.29 is 4.42 Å². The molecule has 86 valence electrons.